The van der Waals surface area contributed by atoms with Crippen molar-refractivity contribution < 1.29 is 4.39 Å². The first-order valence-corrected chi connectivity index (χ1v) is 8.44. The molecule has 1 aromatic heterocycles. The van der Waals surface area contributed by atoms with E-state index in [4.69, 9.17) is 5.73 Å². The molecule has 2 unspecified atom stereocenters. The molecule has 1 heterocycles. The number of rotatable bonds is 3. The van der Waals surface area contributed by atoms with Crippen molar-refractivity contribution in [2.45, 2.75) is 45.6 Å². The van der Waals surface area contributed by atoms with E-state index in [0.717, 1.165) is 35.8 Å². The van der Waals surface area contributed by atoms with E-state index in [1.165, 1.54) is 31.7 Å². The van der Waals surface area contributed by atoms with Gasteiger partial charge in [0.05, 0.1) is 15.5 Å². The van der Waals surface area contributed by atoms with Crippen LogP contribution in [0.25, 0.3) is 11.0 Å². The molecule has 0 radical (unpaired) electrons. The molecular weight excluding hydrogens is 333 g/mol. The van der Waals surface area contributed by atoms with Crippen molar-refractivity contribution in [1.82, 2.24) is 9.55 Å². The van der Waals surface area contributed by atoms with Crippen LogP contribution in [-0.2, 0) is 6.54 Å². The Balaban J connectivity index is 1.80. The molecule has 5 heteroatoms. The second-order valence-electron chi connectivity index (χ2n) is 6.30. The first-order valence-electron chi connectivity index (χ1n) is 7.65. The second-order valence-corrected chi connectivity index (χ2v) is 7.16. The Kier molecular flexibility index (Phi) is 4.20. The molecule has 0 aliphatic heterocycles. The molecule has 3 nitrogen and oxygen atoms in total. The van der Waals surface area contributed by atoms with E-state index in [1.54, 1.807) is 6.07 Å². The first kappa shape index (κ1) is 14.8. The summed E-state index contributed by atoms with van der Waals surface area (Å²) in [5, 5.41) is 0. The van der Waals surface area contributed by atoms with Gasteiger partial charge in [-0.15, -0.1) is 0 Å². The minimum absolute atomic E-state index is 0.269. The van der Waals surface area contributed by atoms with Gasteiger partial charge in [-0.25, -0.2) is 9.37 Å². The molecule has 1 aromatic carbocycles. The summed E-state index contributed by atoms with van der Waals surface area (Å²) in [6, 6.07) is 3.21. The lowest BCUT2D eigenvalue weighted by Gasteiger charge is -2.26. The monoisotopic (exact) mass is 353 g/mol. The Morgan fingerprint density at radius 2 is 2.24 bits per heavy atom. The molecular formula is C16H21BrFN3. The number of nitrogens with two attached hydrogens (primary N) is 1. The van der Waals surface area contributed by atoms with Crippen LogP contribution in [0.5, 0.6) is 0 Å². The van der Waals surface area contributed by atoms with Crippen LogP contribution in [0.15, 0.2) is 16.6 Å². The maximum atomic E-state index is 13.8. The zero-order valence-electron chi connectivity index (χ0n) is 12.3. The molecule has 1 fully saturated rings. The highest BCUT2D eigenvalue weighted by atomic mass is 79.9. The molecule has 0 saturated heterocycles. The highest BCUT2D eigenvalue weighted by Crippen LogP contribution is 2.32. The fourth-order valence-corrected chi connectivity index (χ4v) is 3.84. The van der Waals surface area contributed by atoms with Crippen molar-refractivity contribution in [1.29, 1.82) is 0 Å². The van der Waals surface area contributed by atoms with Gasteiger partial charge in [-0.3, -0.25) is 0 Å². The lowest BCUT2D eigenvalue weighted by molar-refractivity contribution is 0.262. The largest absolute Gasteiger partial charge is 0.369 e. The Hall–Kier alpha value is -1.10. The summed E-state index contributed by atoms with van der Waals surface area (Å²) in [4.78, 5) is 4.34. The predicted octanol–water partition coefficient (Wildman–Crippen LogP) is 4.74. The van der Waals surface area contributed by atoms with Crippen molar-refractivity contribution in [3.63, 3.8) is 0 Å². The van der Waals surface area contributed by atoms with E-state index in [2.05, 4.69) is 27.8 Å². The Morgan fingerprint density at radius 3 is 3.00 bits per heavy atom. The van der Waals surface area contributed by atoms with Gasteiger partial charge in [0.2, 0.25) is 5.95 Å². The van der Waals surface area contributed by atoms with Crippen molar-refractivity contribution in [3.8, 4) is 0 Å². The fraction of sp³-hybridized carbons (Fsp3) is 0.562. The lowest BCUT2D eigenvalue weighted by atomic mass is 9.81. The number of halogens is 2. The highest BCUT2D eigenvalue weighted by Gasteiger charge is 2.19. The average Bonchev–Trinajstić information content (AvgIpc) is 2.72. The summed E-state index contributed by atoms with van der Waals surface area (Å²) in [5.41, 5.74) is 7.55. The molecule has 1 aliphatic rings. The van der Waals surface area contributed by atoms with Gasteiger partial charge in [0.25, 0.3) is 0 Å². The van der Waals surface area contributed by atoms with Crippen LogP contribution in [0, 0.1) is 17.7 Å². The number of hydrogen-bond donors (Lipinski definition) is 1. The van der Waals surface area contributed by atoms with E-state index in [9.17, 15) is 4.39 Å². The highest BCUT2D eigenvalue weighted by molar-refractivity contribution is 9.10. The number of nitrogens with zero attached hydrogens (tertiary/aromatic N) is 2. The Bertz CT molecular complexity index is 652. The number of fused-ring (bicyclic) bond motifs is 1. The van der Waals surface area contributed by atoms with E-state index in [1.807, 2.05) is 4.57 Å². The Labute approximate surface area is 132 Å². The van der Waals surface area contributed by atoms with Gasteiger partial charge in [-0.05, 0) is 46.7 Å². The molecule has 2 atom stereocenters. The molecule has 0 bridgehead atoms. The average molecular weight is 354 g/mol. The quantitative estimate of drug-likeness (QED) is 0.866. The van der Waals surface area contributed by atoms with Crippen LogP contribution in [0.2, 0.25) is 0 Å². The van der Waals surface area contributed by atoms with Crippen LogP contribution in [-0.4, -0.2) is 9.55 Å². The van der Waals surface area contributed by atoms with E-state index >= 15 is 0 Å². The fourth-order valence-electron chi connectivity index (χ4n) is 3.51. The number of anilines is 1. The number of imidazole rings is 1. The minimum Gasteiger partial charge on any atom is -0.369 e. The van der Waals surface area contributed by atoms with E-state index in [-0.39, 0.29) is 5.82 Å². The van der Waals surface area contributed by atoms with Crippen molar-refractivity contribution in [3.05, 3.63) is 22.4 Å². The molecule has 1 saturated carbocycles. The Morgan fingerprint density at radius 1 is 1.43 bits per heavy atom. The summed E-state index contributed by atoms with van der Waals surface area (Å²) in [5.74, 6) is 1.79. The number of benzene rings is 1. The summed E-state index contributed by atoms with van der Waals surface area (Å²) in [6.45, 7) is 3.15. The maximum absolute atomic E-state index is 13.8. The SMILES string of the molecule is CC1CCCC(CCn2c(N)nc3cc(Br)c(F)cc32)C1. The predicted molar refractivity (Wildman–Crippen MR) is 87.5 cm³/mol. The zero-order chi connectivity index (χ0) is 15.0. The standard InChI is InChI=1S/C16H21BrFN3/c1-10-3-2-4-11(7-10)5-6-21-15-9-13(18)12(17)8-14(15)20-16(21)19/h8-11H,2-7H2,1H3,(H2,19,20). The van der Waals surface area contributed by atoms with Gasteiger partial charge < -0.3 is 10.3 Å². The van der Waals surface area contributed by atoms with Gasteiger partial charge in [-0.2, -0.15) is 0 Å². The molecule has 2 N–H and O–H groups in total. The third-order valence-corrected chi connectivity index (χ3v) is 5.23. The lowest BCUT2D eigenvalue weighted by Crippen LogP contribution is -2.16. The zero-order valence-corrected chi connectivity index (χ0v) is 13.9. The molecule has 1 aliphatic carbocycles. The van der Waals surface area contributed by atoms with Gasteiger partial charge >= 0.3 is 0 Å². The van der Waals surface area contributed by atoms with Crippen LogP contribution in [0.3, 0.4) is 0 Å². The van der Waals surface area contributed by atoms with Crippen LogP contribution >= 0.6 is 15.9 Å². The van der Waals surface area contributed by atoms with Crippen molar-refractivity contribution in [2.75, 3.05) is 5.73 Å². The first-order chi connectivity index (χ1) is 10.0. The molecule has 0 spiro atoms. The van der Waals surface area contributed by atoms with Crippen LogP contribution in [0.1, 0.15) is 39.0 Å². The number of nitrogen functional groups attached to an aromatic ring is 1. The minimum atomic E-state index is -0.269. The number of aromatic nitrogens is 2. The third kappa shape index (κ3) is 3.07. The van der Waals surface area contributed by atoms with Crippen molar-refractivity contribution in [2.24, 2.45) is 11.8 Å². The van der Waals surface area contributed by atoms with Crippen LogP contribution < -0.4 is 5.73 Å². The normalized spacial score (nSPS) is 22.8. The molecule has 3 rings (SSSR count). The van der Waals surface area contributed by atoms with Gasteiger partial charge in [0.1, 0.15) is 5.82 Å². The smallest absolute Gasteiger partial charge is 0.201 e. The molecule has 0 amide bonds. The number of aryl methyl sites for hydroxylation is 1. The summed E-state index contributed by atoms with van der Waals surface area (Å²) >= 11 is 3.19. The molecule has 21 heavy (non-hydrogen) atoms. The number of hydrogen-bond acceptors (Lipinski definition) is 2. The molecule has 114 valence electrons. The molecule has 2 aromatic rings. The summed E-state index contributed by atoms with van der Waals surface area (Å²) in [6.07, 6.45) is 6.38. The van der Waals surface area contributed by atoms with Crippen LogP contribution in [0.4, 0.5) is 10.3 Å². The second kappa shape index (κ2) is 5.95. The third-order valence-electron chi connectivity index (χ3n) is 4.63. The summed E-state index contributed by atoms with van der Waals surface area (Å²) < 4.78 is 16.1. The topological polar surface area (TPSA) is 43.8 Å². The van der Waals surface area contributed by atoms with Gasteiger partial charge in [0, 0.05) is 12.6 Å². The maximum Gasteiger partial charge on any atom is 0.201 e. The van der Waals surface area contributed by atoms with E-state index in [0.29, 0.717) is 10.4 Å². The summed E-state index contributed by atoms with van der Waals surface area (Å²) in [7, 11) is 0. The van der Waals surface area contributed by atoms with Gasteiger partial charge in [-0.1, -0.05) is 26.2 Å². The van der Waals surface area contributed by atoms with Gasteiger partial charge in [0.15, 0.2) is 0 Å². The van der Waals surface area contributed by atoms with E-state index < -0.39 is 0 Å². The van der Waals surface area contributed by atoms with Crippen molar-refractivity contribution >= 4 is 32.9 Å².